The zero-order valence-corrected chi connectivity index (χ0v) is 21.9. The van der Waals surface area contributed by atoms with Crippen molar-refractivity contribution in [1.29, 1.82) is 0 Å². The van der Waals surface area contributed by atoms with Gasteiger partial charge in [0.05, 0.1) is 11.5 Å². The Balaban J connectivity index is 1.23. The maximum absolute atomic E-state index is 14.0. The highest BCUT2D eigenvalue weighted by Gasteiger charge is 2.51. The third-order valence-electron chi connectivity index (χ3n) is 8.30. The van der Waals surface area contributed by atoms with Crippen LogP contribution in [0.3, 0.4) is 0 Å². The zero-order valence-electron chi connectivity index (χ0n) is 21.9. The van der Waals surface area contributed by atoms with E-state index in [0.717, 1.165) is 28.8 Å². The molecule has 2 aliphatic heterocycles. The molecule has 3 aliphatic rings. The molecule has 0 radical (unpaired) electrons. The van der Waals surface area contributed by atoms with Gasteiger partial charge in [0, 0.05) is 29.9 Å². The Morgan fingerprint density at radius 3 is 2.52 bits per heavy atom. The first-order chi connectivity index (χ1) is 19.0. The Kier molecular flexibility index (Phi) is 5.83. The van der Waals surface area contributed by atoms with Crippen LogP contribution in [0.15, 0.2) is 54.7 Å². The van der Waals surface area contributed by atoms with Crippen molar-refractivity contribution in [2.24, 2.45) is 5.41 Å². The van der Waals surface area contributed by atoms with Crippen LogP contribution in [0.1, 0.15) is 48.6 Å². The van der Waals surface area contributed by atoms with Crippen LogP contribution in [-0.2, 0) is 37.4 Å². The van der Waals surface area contributed by atoms with Gasteiger partial charge < -0.3 is 15.5 Å². The van der Waals surface area contributed by atoms with Crippen molar-refractivity contribution in [2.45, 2.75) is 44.6 Å². The lowest BCUT2D eigenvalue weighted by Gasteiger charge is -2.41. The highest BCUT2D eigenvalue weighted by molar-refractivity contribution is 6.09. The van der Waals surface area contributed by atoms with Crippen LogP contribution in [-0.4, -0.2) is 39.9 Å². The van der Waals surface area contributed by atoms with Crippen molar-refractivity contribution in [3.63, 3.8) is 0 Å². The van der Waals surface area contributed by atoms with Gasteiger partial charge in [-0.25, -0.2) is 13.8 Å². The number of pyridine rings is 1. The number of carbonyl (C=O) groups is 4. The number of anilines is 2. The van der Waals surface area contributed by atoms with Crippen LogP contribution in [0, 0.1) is 17.0 Å². The topological polar surface area (TPSA) is 108 Å². The van der Waals surface area contributed by atoms with E-state index in [-0.39, 0.29) is 23.7 Å². The molecule has 10 heteroatoms. The molecule has 2 aromatic carbocycles. The fraction of sp³-hybridized carbons (Fsp3) is 0.300. The normalized spacial score (nSPS) is 22.8. The first kappa shape index (κ1) is 25.8. The monoisotopic (exact) mass is 544 g/mol. The number of Topliss-reactive ketones (excluding diaryl/α,β-unsaturated/α-hetero) is 1. The molecule has 3 amide bonds. The number of rotatable bonds is 4. The SMILES string of the molecule is CC1(C)C(=O)C[C@@H](c2cc(F)cc(F)c2)N(CC(=O)Nc2ccc3c(c2)CC2(C3)C(=O)Nc3ncccc32)C1=O. The van der Waals surface area contributed by atoms with Gasteiger partial charge in [-0.3, -0.25) is 19.2 Å². The summed E-state index contributed by atoms with van der Waals surface area (Å²) in [5.41, 5.74) is 1.22. The minimum atomic E-state index is -1.38. The van der Waals surface area contributed by atoms with Gasteiger partial charge in [0.15, 0.2) is 0 Å². The second-order valence-electron chi connectivity index (χ2n) is 11.2. The highest BCUT2D eigenvalue weighted by Crippen LogP contribution is 2.47. The molecule has 204 valence electrons. The Morgan fingerprint density at radius 2 is 1.77 bits per heavy atom. The average molecular weight is 545 g/mol. The predicted molar refractivity (Wildman–Crippen MR) is 141 cm³/mol. The number of nitrogens with one attached hydrogen (secondary N) is 2. The van der Waals surface area contributed by atoms with E-state index in [1.165, 1.54) is 18.7 Å². The number of aromatic nitrogens is 1. The summed E-state index contributed by atoms with van der Waals surface area (Å²) in [6.45, 7) is 2.54. The molecule has 6 rings (SSSR count). The molecule has 2 atom stereocenters. The number of likely N-dealkylation sites (tertiary alicyclic amines) is 1. The first-order valence-corrected chi connectivity index (χ1v) is 13.0. The molecule has 40 heavy (non-hydrogen) atoms. The first-order valence-electron chi connectivity index (χ1n) is 13.0. The number of piperidine rings is 1. The van der Waals surface area contributed by atoms with Crippen LogP contribution in [0.2, 0.25) is 0 Å². The fourth-order valence-corrected chi connectivity index (χ4v) is 6.11. The lowest BCUT2D eigenvalue weighted by Crippen LogP contribution is -2.54. The molecule has 1 saturated heterocycles. The number of fused-ring (bicyclic) bond motifs is 3. The molecular weight excluding hydrogens is 518 g/mol. The summed E-state index contributed by atoms with van der Waals surface area (Å²) < 4.78 is 28.0. The molecule has 1 spiro atoms. The number of hydrogen-bond donors (Lipinski definition) is 2. The van der Waals surface area contributed by atoms with E-state index in [9.17, 15) is 28.0 Å². The van der Waals surface area contributed by atoms with E-state index in [0.29, 0.717) is 30.4 Å². The minimum Gasteiger partial charge on any atom is -0.325 e. The van der Waals surface area contributed by atoms with Crippen LogP contribution in [0.5, 0.6) is 0 Å². The van der Waals surface area contributed by atoms with Crippen molar-refractivity contribution in [3.05, 3.63) is 88.6 Å². The average Bonchev–Trinajstić information content (AvgIpc) is 3.41. The van der Waals surface area contributed by atoms with Gasteiger partial charge in [-0.1, -0.05) is 12.1 Å². The number of ketones is 1. The van der Waals surface area contributed by atoms with Crippen molar-refractivity contribution in [2.75, 3.05) is 17.2 Å². The molecule has 1 fully saturated rings. The van der Waals surface area contributed by atoms with Gasteiger partial charge >= 0.3 is 0 Å². The summed E-state index contributed by atoms with van der Waals surface area (Å²) in [6, 6.07) is 11.0. The number of amides is 3. The van der Waals surface area contributed by atoms with Gasteiger partial charge in [-0.05, 0) is 73.7 Å². The largest absolute Gasteiger partial charge is 0.325 e. The molecule has 0 saturated carbocycles. The van der Waals surface area contributed by atoms with E-state index in [1.54, 1.807) is 18.3 Å². The van der Waals surface area contributed by atoms with Crippen LogP contribution in [0.4, 0.5) is 20.3 Å². The maximum Gasteiger partial charge on any atom is 0.244 e. The summed E-state index contributed by atoms with van der Waals surface area (Å²) in [6.07, 6.45) is 2.42. The van der Waals surface area contributed by atoms with Gasteiger partial charge in [0.25, 0.3) is 0 Å². The van der Waals surface area contributed by atoms with Crippen LogP contribution < -0.4 is 10.6 Å². The van der Waals surface area contributed by atoms with Gasteiger partial charge in [-0.2, -0.15) is 0 Å². The Bertz CT molecular complexity index is 1600. The molecule has 1 aliphatic carbocycles. The quantitative estimate of drug-likeness (QED) is 0.485. The molecule has 1 aromatic heterocycles. The van der Waals surface area contributed by atoms with Crippen molar-refractivity contribution in [3.8, 4) is 0 Å². The predicted octanol–water partition coefficient (Wildman–Crippen LogP) is 3.86. The lowest BCUT2D eigenvalue weighted by molar-refractivity contribution is -0.157. The highest BCUT2D eigenvalue weighted by atomic mass is 19.1. The molecule has 2 N–H and O–H groups in total. The second kappa shape index (κ2) is 9.04. The van der Waals surface area contributed by atoms with Crippen molar-refractivity contribution < 1.29 is 28.0 Å². The van der Waals surface area contributed by atoms with E-state index in [4.69, 9.17) is 0 Å². The Hall–Kier alpha value is -4.47. The molecule has 0 bridgehead atoms. The third kappa shape index (κ3) is 4.06. The van der Waals surface area contributed by atoms with E-state index in [2.05, 4.69) is 15.6 Å². The Morgan fingerprint density at radius 1 is 1.05 bits per heavy atom. The second-order valence-corrected chi connectivity index (χ2v) is 11.2. The molecule has 3 heterocycles. The summed E-state index contributed by atoms with van der Waals surface area (Å²) in [5, 5.41) is 5.67. The number of halogens is 2. The maximum atomic E-state index is 14.0. The fourth-order valence-electron chi connectivity index (χ4n) is 6.11. The number of benzene rings is 2. The summed E-state index contributed by atoms with van der Waals surface area (Å²) >= 11 is 0. The number of hydrogen-bond acceptors (Lipinski definition) is 5. The van der Waals surface area contributed by atoms with Gasteiger partial charge in [0.2, 0.25) is 17.7 Å². The standard InChI is InChI=1S/C30H26F2N4O4/c1-29(2)24(37)12-23(17-8-19(31)11-20(32)9-17)36(28(29)40)15-25(38)34-21-6-5-16-13-30(14-18(16)10-21)22-4-3-7-33-26(22)35-27(30)39/h3-11,23H,12-15H2,1-2H3,(H,34,38)(H,33,35,39)/t23-,30?/m0/s1. The van der Waals surface area contributed by atoms with E-state index < -0.39 is 46.9 Å². The summed E-state index contributed by atoms with van der Waals surface area (Å²) in [5.74, 6) is -2.71. The molecule has 8 nitrogen and oxygen atoms in total. The number of carbonyl (C=O) groups excluding carboxylic acids is 4. The van der Waals surface area contributed by atoms with E-state index >= 15 is 0 Å². The summed E-state index contributed by atoms with van der Waals surface area (Å²) in [4.78, 5) is 57.7. The molecule has 1 unspecified atom stereocenters. The zero-order chi connectivity index (χ0) is 28.4. The van der Waals surface area contributed by atoms with Crippen LogP contribution in [0.25, 0.3) is 0 Å². The van der Waals surface area contributed by atoms with E-state index in [1.807, 2.05) is 18.2 Å². The van der Waals surface area contributed by atoms with Gasteiger partial charge in [-0.15, -0.1) is 0 Å². The Labute approximate surface area is 228 Å². The molecule has 3 aromatic rings. The van der Waals surface area contributed by atoms with Gasteiger partial charge in [0.1, 0.15) is 35.2 Å². The summed E-state index contributed by atoms with van der Waals surface area (Å²) in [7, 11) is 0. The molecular formula is C30H26F2N4O4. The smallest absolute Gasteiger partial charge is 0.244 e. The van der Waals surface area contributed by atoms with Crippen molar-refractivity contribution >= 4 is 35.0 Å². The lowest BCUT2D eigenvalue weighted by atomic mass is 9.77. The third-order valence-corrected chi connectivity index (χ3v) is 8.30. The van der Waals surface area contributed by atoms with Crippen molar-refractivity contribution in [1.82, 2.24) is 9.88 Å². The van der Waals surface area contributed by atoms with Crippen LogP contribution >= 0.6 is 0 Å². The number of nitrogens with zero attached hydrogens (tertiary/aromatic N) is 2. The minimum absolute atomic E-state index is 0.106.